The molecule has 2 aromatic rings. The summed E-state index contributed by atoms with van der Waals surface area (Å²) in [5.74, 6) is 0. The van der Waals surface area contributed by atoms with E-state index in [-0.39, 0.29) is 0 Å². The number of aliphatic hydroxyl groups is 1. The Kier molecular flexibility index (Phi) is 5.67. The van der Waals surface area contributed by atoms with Crippen molar-refractivity contribution in [3.8, 4) is 5.69 Å². The molecule has 0 saturated carbocycles. The summed E-state index contributed by atoms with van der Waals surface area (Å²) >= 11 is 0. The lowest BCUT2D eigenvalue weighted by atomic mass is 10.2. The first-order valence-electron chi connectivity index (χ1n) is 6.64. The Morgan fingerprint density at radius 2 is 2.15 bits per heavy atom. The predicted octanol–water partition coefficient (Wildman–Crippen LogP) is 0.754. The lowest BCUT2D eigenvalue weighted by Gasteiger charge is -2.09. The van der Waals surface area contributed by atoms with Crippen LogP contribution in [0.5, 0.6) is 0 Å². The van der Waals surface area contributed by atoms with Gasteiger partial charge in [-0.15, -0.1) is 0 Å². The van der Waals surface area contributed by atoms with Gasteiger partial charge in [-0.3, -0.25) is 0 Å². The standard InChI is InChI=1S/C14H20N4O2/c1-20-11-14(19)7-8-15-9-12-10-16-18(17-12)13-5-3-2-4-6-13/h2-6,10,14-15,19H,7-9,11H2,1H3. The first-order chi connectivity index (χ1) is 9.79. The Morgan fingerprint density at radius 3 is 2.90 bits per heavy atom. The quantitative estimate of drug-likeness (QED) is 0.696. The third-order valence-electron chi connectivity index (χ3n) is 2.85. The highest BCUT2D eigenvalue weighted by Crippen LogP contribution is 2.04. The fourth-order valence-electron chi connectivity index (χ4n) is 1.82. The highest BCUT2D eigenvalue weighted by atomic mass is 16.5. The minimum Gasteiger partial charge on any atom is -0.391 e. The third kappa shape index (κ3) is 4.41. The van der Waals surface area contributed by atoms with Gasteiger partial charge in [-0.25, -0.2) is 0 Å². The van der Waals surface area contributed by atoms with Gasteiger partial charge in [0.1, 0.15) is 0 Å². The normalized spacial score (nSPS) is 12.5. The zero-order chi connectivity index (χ0) is 14.2. The van der Waals surface area contributed by atoms with Crippen molar-refractivity contribution in [3.63, 3.8) is 0 Å². The molecule has 6 nitrogen and oxygen atoms in total. The van der Waals surface area contributed by atoms with Gasteiger partial charge in [-0.1, -0.05) is 18.2 Å². The van der Waals surface area contributed by atoms with E-state index in [9.17, 15) is 5.11 Å². The number of hydrogen-bond donors (Lipinski definition) is 2. The monoisotopic (exact) mass is 276 g/mol. The van der Waals surface area contributed by atoms with Crippen molar-refractivity contribution < 1.29 is 9.84 Å². The molecule has 0 aliphatic heterocycles. The van der Waals surface area contributed by atoms with Crippen molar-refractivity contribution in [1.29, 1.82) is 0 Å². The summed E-state index contributed by atoms with van der Waals surface area (Å²) in [4.78, 5) is 1.61. The van der Waals surface area contributed by atoms with Crippen LogP contribution in [0.15, 0.2) is 36.5 Å². The number of ether oxygens (including phenoxy) is 1. The minimum atomic E-state index is -0.424. The topological polar surface area (TPSA) is 72.2 Å². The zero-order valence-electron chi connectivity index (χ0n) is 11.6. The van der Waals surface area contributed by atoms with Gasteiger partial charge in [0.15, 0.2) is 0 Å². The number of methoxy groups -OCH3 is 1. The number of nitrogens with one attached hydrogen (secondary N) is 1. The lowest BCUT2D eigenvalue weighted by Crippen LogP contribution is -2.23. The van der Waals surface area contributed by atoms with E-state index < -0.39 is 6.10 Å². The van der Waals surface area contributed by atoms with Crippen molar-refractivity contribution in [2.45, 2.75) is 19.1 Å². The maximum absolute atomic E-state index is 9.50. The summed E-state index contributed by atoms with van der Waals surface area (Å²) in [6, 6.07) is 9.78. The van der Waals surface area contributed by atoms with Gasteiger partial charge in [0.2, 0.25) is 0 Å². The van der Waals surface area contributed by atoms with Crippen LogP contribution in [0.3, 0.4) is 0 Å². The van der Waals surface area contributed by atoms with Crippen LogP contribution < -0.4 is 5.32 Å². The molecule has 0 amide bonds. The number of para-hydroxylation sites is 1. The summed E-state index contributed by atoms with van der Waals surface area (Å²) in [5, 5.41) is 21.3. The van der Waals surface area contributed by atoms with Gasteiger partial charge in [0.25, 0.3) is 0 Å². The Morgan fingerprint density at radius 1 is 1.35 bits per heavy atom. The van der Waals surface area contributed by atoms with Crippen LogP contribution in [0.25, 0.3) is 5.69 Å². The Bertz CT molecular complexity index is 501. The highest BCUT2D eigenvalue weighted by molar-refractivity contribution is 5.28. The third-order valence-corrected chi connectivity index (χ3v) is 2.85. The molecule has 0 spiro atoms. The van der Waals surface area contributed by atoms with E-state index in [4.69, 9.17) is 4.74 Å². The zero-order valence-corrected chi connectivity index (χ0v) is 11.6. The lowest BCUT2D eigenvalue weighted by molar-refractivity contribution is 0.0594. The minimum absolute atomic E-state index is 0.367. The van der Waals surface area contributed by atoms with E-state index in [0.29, 0.717) is 26.1 Å². The van der Waals surface area contributed by atoms with Gasteiger partial charge in [-0.05, 0) is 25.1 Å². The number of hydrogen-bond acceptors (Lipinski definition) is 5. The van der Waals surface area contributed by atoms with Crippen molar-refractivity contribution >= 4 is 0 Å². The number of nitrogens with zero attached hydrogens (tertiary/aromatic N) is 3. The summed E-state index contributed by atoms with van der Waals surface area (Å²) in [7, 11) is 1.58. The van der Waals surface area contributed by atoms with Crippen LogP contribution in [-0.4, -0.2) is 46.5 Å². The van der Waals surface area contributed by atoms with E-state index in [2.05, 4.69) is 15.5 Å². The second-order valence-corrected chi connectivity index (χ2v) is 4.54. The smallest absolute Gasteiger partial charge is 0.0969 e. The average Bonchev–Trinajstić information content (AvgIpc) is 2.94. The van der Waals surface area contributed by atoms with Gasteiger partial charge < -0.3 is 15.2 Å². The molecular weight excluding hydrogens is 256 g/mol. The second-order valence-electron chi connectivity index (χ2n) is 4.54. The maximum atomic E-state index is 9.50. The van der Waals surface area contributed by atoms with Crippen LogP contribution in [0.2, 0.25) is 0 Å². The molecule has 0 saturated heterocycles. The molecule has 20 heavy (non-hydrogen) atoms. The number of benzene rings is 1. The molecule has 0 aliphatic carbocycles. The van der Waals surface area contributed by atoms with Crippen LogP contribution in [0, 0.1) is 0 Å². The van der Waals surface area contributed by atoms with E-state index >= 15 is 0 Å². The molecule has 0 fully saturated rings. The number of aromatic nitrogens is 3. The van der Waals surface area contributed by atoms with Crippen LogP contribution in [0.1, 0.15) is 12.1 Å². The predicted molar refractivity (Wildman–Crippen MR) is 75.6 cm³/mol. The summed E-state index contributed by atoms with van der Waals surface area (Å²) in [6.07, 6.45) is 1.97. The van der Waals surface area contributed by atoms with Gasteiger partial charge >= 0.3 is 0 Å². The summed E-state index contributed by atoms with van der Waals surface area (Å²) in [5.41, 5.74) is 1.81. The van der Waals surface area contributed by atoms with Gasteiger partial charge in [0, 0.05) is 13.7 Å². The van der Waals surface area contributed by atoms with Crippen molar-refractivity contribution in [3.05, 3.63) is 42.2 Å². The summed E-state index contributed by atoms with van der Waals surface area (Å²) in [6.45, 7) is 1.71. The van der Waals surface area contributed by atoms with Crippen molar-refractivity contribution in [2.24, 2.45) is 0 Å². The van der Waals surface area contributed by atoms with E-state index in [1.54, 1.807) is 18.1 Å². The molecule has 2 N–H and O–H groups in total. The Labute approximate surface area is 118 Å². The second kappa shape index (κ2) is 7.74. The van der Waals surface area contributed by atoms with Crippen LogP contribution in [-0.2, 0) is 11.3 Å². The van der Waals surface area contributed by atoms with Crippen molar-refractivity contribution in [2.75, 3.05) is 20.3 Å². The molecule has 1 unspecified atom stereocenters. The van der Waals surface area contributed by atoms with Crippen LogP contribution in [0.4, 0.5) is 0 Å². The highest BCUT2D eigenvalue weighted by Gasteiger charge is 2.04. The summed E-state index contributed by atoms with van der Waals surface area (Å²) < 4.78 is 4.87. The molecule has 0 aliphatic rings. The maximum Gasteiger partial charge on any atom is 0.0969 e. The van der Waals surface area contributed by atoms with E-state index in [0.717, 1.165) is 11.4 Å². The molecule has 2 rings (SSSR count). The average molecular weight is 276 g/mol. The molecule has 0 radical (unpaired) electrons. The van der Waals surface area contributed by atoms with E-state index in [1.807, 2.05) is 30.3 Å². The first kappa shape index (κ1) is 14.6. The van der Waals surface area contributed by atoms with Gasteiger partial charge in [-0.2, -0.15) is 15.0 Å². The Balaban J connectivity index is 1.76. The number of rotatable bonds is 8. The molecule has 1 atom stereocenters. The van der Waals surface area contributed by atoms with Crippen molar-refractivity contribution in [1.82, 2.24) is 20.3 Å². The molecule has 6 heteroatoms. The largest absolute Gasteiger partial charge is 0.391 e. The first-order valence-corrected chi connectivity index (χ1v) is 6.64. The SMILES string of the molecule is COCC(O)CCNCc1cnn(-c2ccccc2)n1. The number of aliphatic hydroxyl groups excluding tert-OH is 1. The Hall–Kier alpha value is -1.76. The fourth-order valence-corrected chi connectivity index (χ4v) is 1.82. The molecule has 1 aromatic carbocycles. The molecule has 1 heterocycles. The molecule has 1 aromatic heterocycles. The van der Waals surface area contributed by atoms with Gasteiger partial charge in [0.05, 0.1) is 30.3 Å². The molecule has 0 bridgehead atoms. The molecule has 108 valence electrons. The molecular formula is C14H20N4O2. The van der Waals surface area contributed by atoms with E-state index in [1.165, 1.54) is 0 Å². The van der Waals surface area contributed by atoms with Crippen LogP contribution >= 0.6 is 0 Å². The fraction of sp³-hybridized carbons (Fsp3) is 0.429.